The lowest BCUT2D eigenvalue weighted by atomic mass is 10.0. The SMILES string of the molecule is CN[C@H](CCCC(=O)O)Cc1ccccc1. The summed E-state index contributed by atoms with van der Waals surface area (Å²) < 4.78 is 0. The van der Waals surface area contributed by atoms with Gasteiger partial charge in [-0.15, -0.1) is 0 Å². The van der Waals surface area contributed by atoms with Crippen molar-refractivity contribution in [2.45, 2.75) is 31.7 Å². The molecule has 0 amide bonds. The van der Waals surface area contributed by atoms with Crippen LogP contribution < -0.4 is 5.32 Å². The average molecular weight is 221 g/mol. The molecule has 0 unspecified atom stereocenters. The summed E-state index contributed by atoms with van der Waals surface area (Å²) in [6.07, 6.45) is 2.84. The van der Waals surface area contributed by atoms with E-state index in [-0.39, 0.29) is 6.42 Å². The number of hydrogen-bond donors (Lipinski definition) is 2. The fraction of sp³-hybridized carbons (Fsp3) is 0.462. The second-order valence-corrected chi connectivity index (χ2v) is 3.96. The molecule has 1 aromatic carbocycles. The predicted octanol–water partition coefficient (Wildman–Crippen LogP) is 2.07. The van der Waals surface area contributed by atoms with Gasteiger partial charge in [0.2, 0.25) is 0 Å². The average Bonchev–Trinajstić information content (AvgIpc) is 2.28. The maximum absolute atomic E-state index is 10.4. The molecule has 0 aliphatic rings. The molecule has 1 atom stereocenters. The van der Waals surface area contributed by atoms with E-state index in [9.17, 15) is 4.79 Å². The van der Waals surface area contributed by atoms with E-state index in [0.29, 0.717) is 6.04 Å². The van der Waals surface area contributed by atoms with Crippen LogP contribution >= 0.6 is 0 Å². The summed E-state index contributed by atoms with van der Waals surface area (Å²) in [5.41, 5.74) is 1.29. The quantitative estimate of drug-likeness (QED) is 0.741. The molecule has 0 aliphatic carbocycles. The van der Waals surface area contributed by atoms with Crippen molar-refractivity contribution in [3.05, 3.63) is 35.9 Å². The van der Waals surface area contributed by atoms with E-state index in [1.807, 2.05) is 25.2 Å². The third-order valence-corrected chi connectivity index (χ3v) is 2.68. The highest BCUT2D eigenvalue weighted by atomic mass is 16.4. The van der Waals surface area contributed by atoms with Crippen molar-refractivity contribution in [3.63, 3.8) is 0 Å². The minimum absolute atomic E-state index is 0.257. The molecule has 1 aromatic rings. The summed E-state index contributed by atoms with van der Waals surface area (Å²) in [5, 5.41) is 11.8. The molecule has 0 aromatic heterocycles. The normalized spacial score (nSPS) is 12.3. The van der Waals surface area contributed by atoms with Gasteiger partial charge in [-0.2, -0.15) is 0 Å². The van der Waals surface area contributed by atoms with Crippen LogP contribution in [0.5, 0.6) is 0 Å². The summed E-state index contributed by atoms with van der Waals surface area (Å²) in [7, 11) is 1.92. The third-order valence-electron chi connectivity index (χ3n) is 2.68. The Hall–Kier alpha value is -1.35. The van der Waals surface area contributed by atoms with Crippen molar-refractivity contribution in [3.8, 4) is 0 Å². The number of benzene rings is 1. The van der Waals surface area contributed by atoms with E-state index in [0.717, 1.165) is 19.3 Å². The monoisotopic (exact) mass is 221 g/mol. The molecule has 0 saturated carbocycles. The van der Waals surface area contributed by atoms with Crippen LogP contribution in [0, 0.1) is 0 Å². The number of hydrogen-bond acceptors (Lipinski definition) is 2. The summed E-state index contributed by atoms with van der Waals surface area (Å²) in [6.45, 7) is 0. The second-order valence-electron chi connectivity index (χ2n) is 3.96. The fourth-order valence-corrected chi connectivity index (χ4v) is 1.75. The highest BCUT2D eigenvalue weighted by molar-refractivity contribution is 5.66. The van der Waals surface area contributed by atoms with Gasteiger partial charge in [-0.3, -0.25) is 4.79 Å². The number of carboxylic acids is 1. The van der Waals surface area contributed by atoms with E-state index in [2.05, 4.69) is 17.4 Å². The Balaban J connectivity index is 2.34. The topological polar surface area (TPSA) is 49.3 Å². The van der Waals surface area contributed by atoms with Gasteiger partial charge in [-0.25, -0.2) is 0 Å². The Bertz CT molecular complexity index is 311. The first kappa shape index (κ1) is 12.7. The molecular weight excluding hydrogens is 202 g/mol. The molecule has 1 rings (SSSR count). The van der Waals surface area contributed by atoms with Crippen molar-refractivity contribution in [1.82, 2.24) is 5.32 Å². The molecule has 16 heavy (non-hydrogen) atoms. The van der Waals surface area contributed by atoms with Gasteiger partial charge in [-0.1, -0.05) is 30.3 Å². The number of aliphatic carboxylic acids is 1. The molecule has 0 heterocycles. The lowest BCUT2D eigenvalue weighted by Gasteiger charge is -2.15. The summed E-state index contributed by atoms with van der Waals surface area (Å²) in [4.78, 5) is 10.4. The van der Waals surface area contributed by atoms with Crippen molar-refractivity contribution >= 4 is 5.97 Å². The van der Waals surface area contributed by atoms with Crippen LogP contribution in [0.25, 0.3) is 0 Å². The Morgan fingerprint density at radius 3 is 2.62 bits per heavy atom. The molecule has 0 fully saturated rings. The van der Waals surface area contributed by atoms with Gasteiger partial charge in [0.25, 0.3) is 0 Å². The van der Waals surface area contributed by atoms with E-state index >= 15 is 0 Å². The zero-order valence-corrected chi connectivity index (χ0v) is 9.65. The highest BCUT2D eigenvalue weighted by Crippen LogP contribution is 2.08. The first-order valence-electron chi connectivity index (χ1n) is 5.65. The molecule has 0 aliphatic heterocycles. The van der Waals surface area contributed by atoms with Crippen LogP contribution in [-0.4, -0.2) is 24.2 Å². The summed E-state index contributed by atoms with van der Waals surface area (Å²) in [6, 6.07) is 10.6. The molecular formula is C13H19NO2. The van der Waals surface area contributed by atoms with E-state index in [1.54, 1.807) is 0 Å². The van der Waals surface area contributed by atoms with Gasteiger partial charge in [0.05, 0.1) is 0 Å². The number of carboxylic acid groups (broad SMARTS) is 1. The summed E-state index contributed by atoms with van der Waals surface area (Å²) >= 11 is 0. The Kier molecular flexibility index (Phi) is 5.57. The molecule has 88 valence electrons. The van der Waals surface area contributed by atoms with E-state index in [1.165, 1.54) is 5.56 Å². The first-order valence-corrected chi connectivity index (χ1v) is 5.65. The smallest absolute Gasteiger partial charge is 0.303 e. The number of carbonyl (C=O) groups is 1. The van der Waals surface area contributed by atoms with Gasteiger partial charge in [0, 0.05) is 12.5 Å². The van der Waals surface area contributed by atoms with Gasteiger partial charge in [0.1, 0.15) is 0 Å². The summed E-state index contributed by atoms with van der Waals surface area (Å²) in [5.74, 6) is -0.713. The second kappa shape index (κ2) is 7.01. The molecule has 0 spiro atoms. The van der Waals surface area contributed by atoms with Crippen LogP contribution in [0.4, 0.5) is 0 Å². The van der Waals surface area contributed by atoms with Gasteiger partial charge < -0.3 is 10.4 Å². The van der Waals surface area contributed by atoms with E-state index in [4.69, 9.17) is 5.11 Å². The predicted molar refractivity (Wildman–Crippen MR) is 64.5 cm³/mol. The van der Waals surface area contributed by atoms with Crippen LogP contribution in [0.15, 0.2) is 30.3 Å². The van der Waals surface area contributed by atoms with Crippen LogP contribution in [0.3, 0.4) is 0 Å². The van der Waals surface area contributed by atoms with Gasteiger partial charge in [0.15, 0.2) is 0 Å². The van der Waals surface area contributed by atoms with Crippen LogP contribution in [0.2, 0.25) is 0 Å². The number of nitrogens with one attached hydrogen (secondary N) is 1. The maximum Gasteiger partial charge on any atom is 0.303 e. The van der Waals surface area contributed by atoms with Crippen molar-refractivity contribution in [2.24, 2.45) is 0 Å². The van der Waals surface area contributed by atoms with Crippen molar-refractivity contribution in [2.75, 3.05) is 7.05 Å². The molecule has 3 heteroatoms. The van der Waals surface area contributed by atoms with E-state index < -0.39 is 5.97 Å². The fourth-order valence-electron chi connectivity index (χ4n) is 1.75. The third kappa shape index (κ3) is 4.94. The standard InChI is InChI=1S/C13H19NO2/c1-14-12(8-5-9-13(15)16)10-11-6-3-2-4-7-11/h2-4,6-7,12,14H,5,8-10H2,1H3,(H,15,16)/t12-/m1/s1. The Labute approximate surface area is 96.5 Å². The highest BCUT2D eigenvalue weighted by Gasteiger charge is 2.07. The Morgan fingerprint density at radius 1 is 1.38 bits per heavy atom. The Morgan fingerprint density at radius 2 is 2.06 bits per heavy atom. The first-order chi connectivity index (χ1) is 7.72. The minimum Gasteiger partial charge on any atom is -0.481 e. The van der Waals surface area contributed by atoms with Crippen molar-refractivity contribution < 1.29 is 9.90 Å². The minimum atomic E-state index is -0.713. The number of rotatable bonds is 7. The zero-order chi connectivity index (χ0) is 11.8. The molecule has 2 N–H and O–H groups in total. The lowest BCUT2D eigenvalue weighted by Crippen LogP contribution is -2.27. The molecule has 0 bridgehead atoms. The van der Waals surface area contributed by atoms with Gasteiger partial charge >= 0.3 is 5.97 Å². The molecule has 3 nitrogen and oxygen atoms in total. The largest absolute Gasteiger partial charge is 0.481 e. The maximum atomic E-state index is 10.4. The van der Waals surface area contributed by atoms with Crippen LogP contribution in [-0.2, 0) is 11.2 Å². The zero-order valence-electron chi connectivity index (χ0n) is 9.65. The number of likely N-dealkylation sites (N-methyl/N-ethyl adjacent to an activating group) is 1. The van der Waals surface area contributed by atoms with Crippen LogP contribution in [0.1, 0.15) is 24.8 Å². The van der Waals surface area contributed by atoms with Gasteiger partial charge in [-0.05, 0) is 31.9 Å². The van der Waals surface area contributed by atoms with Crippen molar-refractivity contribution in [1.29, 1.82) is 0 Å². The lowest BCUT2D eigenvalue weighted by molar-refractivity contribution is -0.137. The molecule has 0 radical (unpaired) electrons. The molecule has 0 saturated heterocycles.